The van der Waals surface area contributed by atoms with Gasteiger partial charge in [-0.05, 0) is 60.9 Å². The van der Waals surface area contributed by atoms with Crippen molar-refractivity contribution in [3.8, 4) is 5.75 Å². The third-order valence-electron chi connectivity index (χ3n) is 5.53. The Balaban J connectivity index is 0.00000210. The molecule has 2 aromatic carbocycles. The van der Waals surface area contributed by atoms with Crippen LogP contribution in [0.1, 0.15) is 48.4 Å². The van der Waals surface area contributed by atoms with Gasteiger partial charge in [0.05, 0.1) is 12.6 Å². The second-order valence-electron chi connectivity index (χ2n) is 7.44. The van der Waals surface area contributed by atoms with Gasteiger partial charge in [0.2, 0.25) is 5.91 Å². The molecular weight excluding hydrogens is 360 g/mol. The van der Waals surface area contributed by atoms with E-state index < -0.39 is 0 Å². The zero-order valence-corrected chi connectivity index (χ0v) is 16.2. The molecule has 3 unspecified atom stereocenters. The van der Waals surface area contributed by atoms with E-state index in [-0.39, 0.29) is 36.3 Å². The molecule has 3 N–H and O–H groups in total. The molecule has 0 aromatic heterocycles. The largest absolute Gasteiger partial charge is 0.493 e. The lowest BCUT2D eigenvalue weighted by Crippen LogP contribution is -2.34. The van der Waals surface area contributed by atoms with Gasteiger partial charge in [-0.1, -0.05) is 36.4 Å². The van der Waals surface area contributed by atoms with Crippen LogP contribution in [0.2, 0.25) is 0 Å². The summed E-state index contributed by atoms with van der Waals surface area (Å²) in [5.41, 5.74) is 9.43. The molecule has 2 aliphatic rings. The first-order valence-corrected chi connectivity index (χ1v) is 9.57. The number of halogens is 1. The molecule has 1 heterocycles. The maximum atomic E-state index is 12.8. The lowest BCUT2D eigenvalue weighted by atomic mass is 9.94. The van der Waals surface area contributed by atoms with Crippen molar-refractivity contribution in [1.29, 1.82) is 0 Å². The van der Waals surface area contributed by atoms with Gasteiger partial charge < -0.3 is 15.8 Å². The fraction of sp³-hybridized carbons (Fsp3) is 0.409. The molecule has 144 valence electrons. The number of nitrogens with one attached hydrogen (secondary N) is 1. The van der Waals surface area contributed by atoms with Crippen molar-refractivity contribution in [1.82, 2.24) is 5.32 Å². The first kappa shape index (κ1) is 19.7. The van der Waals surface area contributed by atoms with Crippen molar-refractivity contribution in [2.24, 2.45) is 11.7 Å². The number of hydrogen-bond acceptors (Lipinski definition) is 3. The number of amides is 1. The van der Waals surface area contributed by atoms with Crippen LogP contribution < -0.4 is 15.8 Å². The van der Waals surface area contributed by atoms with Gasteiger partial charge in [0.25, 0.3) is 0 Å². The third kappa shape index (κ3) is 4.45. The summed E-state index contributed by atoms with van der Waals surface area (Å²) < 4.78 is 5.74. The predicted octanol–water partition coefficient (Wildman–Crippen LogP) is 3.77. The number of carbonyl (C=O) groups excluding carboxylic acids is 1. The molecule has 27 heavy (non-hydrogen) atoms. The van der Waals surface area contributed by atoms with Gasteiger partial charge in [-0.3, -0.25) is 4.79 Å². The smallest absolute Gasteiger partial charge is 0.223 e. The highest BCUT2D eigenvalue weighted by Crippen LogP contribution is 2.31. The number of fused-ring (bicyclic) bond motifs is 1. The summed E-state index contributed by atoms with van der Waals surface area (Å²) in [6, 6.07) is 16.5. The third-order valence-corrected chi connectivity index (χ3v) is 5.53. The van der Waals surface area contributed by atoms with Crippen LogP contribution in [-0.2, 0) is 11.2 Å². The molecule has 0 saturated heterocycles. The maximum Gasteiger partial charge on any atom is 0.223 e. The number of nitrogens with two attached hydrogens (primary N) is 1. The van der Waals surface area contributed by atoms with Crippen LogP contribution in [0.4, 0.5) is 0 Å². The second-order valence-corrected chi connectivity index (χ2v) is 7.44. The highest BCUT2D eigenvalue weighted by Gasteiger charge is 2.30. The Morgan fingerprint density at radius 2 is 1.93 bits per heavy atom. The van der Waals surface area contributed by atoms with Crippen molar-refractivity contribution in [2.75, 3.05) is 6.61 Å². The summed E-state index contributed by atoms with van der Waals surface area (Å²) in [5, 5.41) is 3.28. The average Bonchev–Trinajstić information content (AvgIpc) is 3.13. The van der Waals surface area contributed by atoms with Crippen LogP contribution in [0.15, 0.2) is 48.5 Å². The van der Waals surface area contributed by atoms with Gasteiger partial charge in [-0.25, -0.2) is 0 Å². The number of carbonyl (C=O) groups is 1. The average molecular weight is 387 g/mol. The van der Waals surface area contributed by atoms with E-state index in [0.29, 0.717) is 0 Å². The summed E-state index contributed by atoms with van der Waals surface area (Å²) in [7, 11) is 0. The lowest BCUT2D eigenvalue weighted by molar-refractivity contribution is -0.125. The molecule has 0 spiro atoms. The van der Waals surface area contributed by atoms with Gasteiger partial charge in [0.15, 0.2) is 0 Å². The Bertz CT molecular complexity index is 781. The van der Waals surface area contributed by atoms with E-state index in [0.717, 1.165) is 55.6 Å². The SMILES string of the molecule is Cl.NC1CCC(C(=O)NC(c2ccccc2)c2ccc3c(c2)CCCO3)C1. The fourth-order valence-electron chi connectivity index (χ4n) is 4.08. The van der Waals surface area contributed by atoms with E-state index >= 15 is 0 Å². The van der Waals surface area contributed by atoms with Crippen molar-refractivity contribution >= 4 is 18.3 Å². The second kappa shape index (κ2) is 8.77. The normalized spacial score (nSPS) is 22.1. The van der Waals surface area contributed by atoms with Crippen molar-refractivity contribution < 1.29 is 9.53 Å². The number of benzene rings is 2. The van der Waals surface area contributed by atoms with Crippen LogP contribution in [0.3, 0.4) is 0 Å². The highest BCUT2D eigenvalue weighted by atomic mass is 35.5. The molecule has 1 amide bonds. The highest BCUT2D eigenvalue weighted by molar-refractivity contribution is 5.85. The van der Waals surface area contributed by atoms with E-state index in [1.807, 2.05) is 24.3 Å². The zero-order chi connectivity index (χ0) is 17.9. The van der Waals surface area contributed by atoms with Gasteiger partial charge >= 0.3 is 0 Å². The zero-order valence-electron chi connectivity index (χ0n) is 15.4. The number of hydrogen-bond donors (Lipinski definition) is 2. The van der Waals surface area contributed by atoms with Gasteiger partial charge in [-0.2, -0.15) is 0 Å². The summed E-state index contributed by atoms with van der Waals surface area (Å²) in [4.78, 5) is 12.8. The minimum Gasteiger partial charge on any atom is -0.493 e. The van der Waals surface area contributed by atoms with E-state index in [4.69, 9.17) is 10.5 Å². The lowest BCUT2D eigenvalue weighted by Gasteiger charge is -2.24. The maximum absolute atomic E-state index is 12.8. The van der Waals surface area contributed by atoms with Crippen LogP contribution >= 0.6 is 12.4 Å². The van der Waals surface area contributed by atoms with Crippen molar-refractivity contribution in [3.05, 3.63) is 65.2 Å². The standard InChI is InChI=1S/C22H26N2O2.ClH/c23-19-10-8-18(14-19)22(25)24-21(15-5-2-1-3-6-15)17-9-11-20-16(13-17)7-4-12-26-20;/h1-3,5-6,9,11,13,18-19,21H,4,7-8,10,12,14,23H2,(H,24,25);1H. The Morgan fingerprint density at radius 1 is 1.11 bits per heavy atom. The Labute approximate surface area is 166 Å². The summed E-state index contributed by atoms with van der Waals surface area (Å²) in [6.07, 6.45) is 4.66. The van der Waals surface area contributed by atoms with E-state index in [9.17, 15) is 4.79 Å². The summed E-state index contributed by atoms with van der Waals surface area (Å²) in [5.74, 6) is 1.11. The number of ether oxygens (including phenoxy) is 1. The number of rotatable bonds is 4. The van der Waals surface area contributed by atoms with Gasteiger partial charge in [0, 0.05) is 12.0 Å². The molecule has 4 nitrogen and oxygen atoms in total. The topological polar surface area (TPSA) is 64.4 Å². The van der Waals surface area contributed by atoms with E-state index in [1.165, 1.54) is 5.56 Å². The van der Waals surface area contributed by atoms with Crippen LogP contribution in [-0.4, -0.2) is 18.6 Å². The molecular formula is C22H27ClN2O2. The summed E-state index contributed by atoms with van der Waals surface area (Å²) in [6.45, 7) is 0.785. The van der Waals surface area contributed by atoms with Crippen LogP contribution in [0.25, 0.3) is 0 Å². The molecule has 1 saturated carbocycles. The van der Waals surface area contributed by atoms with Crippen molar-refractivity contribution in [2.45, 2.75) is 44.2 Å². The van der Waals surface area contributed by atoms with Gasteiger partial charge in [0.1, 0.15) is 5.75 Å². The molecule has 1 fully saturated rings. The van der Waals surface area contributed by atoms with Crippen LogP contribution in [0.5, 0.6) is 5.75 Å². The predicted molar refractivity (Wildman–Crippen MR) is 109 cm³/mol. The van der Waals surface area contributed by atoms with Crippen LogP contribution in [0, 0.1) is 5.92 Å². The Kier molecular flexibility index (Phi) is 6.40. The molecule has 2 aromatic rings. The quantitative estimate of drug-likeness (QED) is 0.840. The number of aryl methyl sites for hydroxylation is 1. The minimum absolute atomic E-state index is 0. The van der Waals surface area contributed by atoms with E-state index in [2.05, 4.69) is 29.6 Å². The molecule has 0 radical (unpaired) electrons. The van der Waals surface area contributed by atoms with Gasteiger partial charge in [-0.15, -0.1) is 12.4 Å². The fourth-order valence-corrected chi connectivity index (χ4v) is 4.08. The molecule has 5 heteroatoms. The van der Waals surface area contributed by atoms with Crippen molar-refractivity contribution in [3.63, 3.8) is 0 Å². The Morgan fingerprint density at radius 3 is 2.67 bits per heavy atom. The Hall–Kier alpha value is -2.04. The first-order chi connectivity index (χ1) is 12.7. The molecule has 1 aliphatic carbocycles. The van der Waals surface area contributed by atoms with E-state index in [1.54, 1.807) is 0 Å². The molecule has 1 aliphatic heterocycles. The first-order valence-electron chi connectivity index (χ1n) is 9.57. The molecule has 0 bridgehead atoms. The minimum atomic E-state index is -0.146. The summed E-state index contributed by atoms with van der Waals surface area (Å²) >= 11 is 0. The monoisotopic (exact) mass is 386 g/mol. The molecule has 4 rings (SSSR count). The molecule has 3 atom stereocenters.